The molecule has 10 nitrogen and oxygen atoms in total. The average Bonchev–Trinajstić information content (AvgIpc) is 3.80. The lowest BCUT2D eigenvalue weighted by Gasteiger charge is -2.59. The highest BCUT2D eigenvalue weighted by Gasteiger charge is 2.65. The van der Waals surface area contributed by atoms with E-state index in [1.165, 1.54) is 25.7 Å². The lowest BCUT2D eigenvalue weighted by atomic mass is 9.55. The second-order valence-corrected chi connectivity index (χ2v) is 17.0. The van der Waals surface area contributed by atoms with Crippen molar-refractivity contribution in [1.82, 2.24) is 4.90 Å². The highest BCUT2D eigenvalue weighted by Crippen LogP contribution is 2.62. The SMILES string of the molecule is C=CCOC12Oc3ccc(Oc4cccc(C=O)c4)cc3C3C(CCCCO)C(CCCCO)C=C(C(=NOCc4ccccc4)CC1N(C)C(=O)CCC1CCCC1)C32. The molecular formula is C50H62N2O8. The second kappa shape index (κ2) is 20.7. The second-order valence-electron chi connectivity index (χ2n) is 17.0. The fourth-order valence-corrected chi connectivity index (χ4v) is 10.3. The van der Waals surface area contributed by atoms with Crippen LogP contribution in [0.1, 0.15) is 111 Å². The van der Waals surface area contributed by atoms with E-state index in [1.54, 1.807) is 24.3 Å². The number of aliphatic hydroxyl groups excluding tert-OH is 2. The lowest BCUT2D eigenvalue weighted by Crippen LogP contribution is -2.69. The van der Waals surface area contributed by atoms with Crippen molar-refractivity contribution in [3.8, 4) is 17.2 Å². The quantitative estimate of drug-likeness (QED) is 0.0471. The third-order valence-electron chi connectivity index (χ3n) is 13.2. The number of hydrogen-bond donors (Lipinski definition) is 2. The summed E-state index contributed by atoms with van der Waals surface area (Å²) in [5.41, 5.74) is 4.24. The first-order valence-electron chi connectivity index (χ1n) is 22.1. The molecule has 3 aromatic rings. The van der Waals surface area contributed by atoms with Gasteiger partial charge in [0, 0.05) is 50.1 Å². The van der Waals surface area contributed by atoms with Gasteiger partial charge in [-0.05, 0) is 91.3 Å². The third-order valence-corrected chi connectivity index (χ3v) is 13.2. The summed E-state index contributed by atoms with van der Waals surface area (Å²) in [6.07, 6.45) is 16.1. The lowest BCUT2D eigenvalue weighted by molar-refractivity contribution is -0.255. The number of rotatable bonds is 21. The van der Waals surface area contributed by atoms with Gasteiger partial charge in [0.25, 0.3) is 0 Å². The predicted octanol–water partition coefficient (Wildman–Crippen LogP) is 9.55. The maximum atomic E-state index is 14.4. The minimum atomic E-state index is -1.31. The van der Waals surface area contributed by atoms with Crippen molar-refractivity contribution in [2.75, 3.05) is 26.9 Å². The molecule has 10 heteroatoms. The molecule has 2 N–H and O–H groups in total. The van der Waals surface area contributed by atoms with Gasteiger partial charge in [0.1, 0.15) is 36.2 Å². The predicted molar refractivity (Wildman–Crippen MR) is 232 cm³/mol. The molecule has 0 aromatic heterocycles. The van der Waals surface area contributed by atoms with Crippen molar-refractivity contribution in [2.24, 2.45) is 28.8 Å². The van der Waals surface area contributed by atoms with Crippen LogP contribution in [-0.2, 0) is 21.0 Å². The Labute approximate surface area is 355 Å². The Hall–Kier alpha value is -4.77. The summed E-state index contributed by atoms with van der Waals surface area (Å²) in [7, 11) is 1.88. The summed E-state index contributed by atoms with van der Waals surface area (Å²) < 4.78 is 20.8. The standard InChI is InChI=1S/C50H62N2O8/c1-3-28-57-50-46(52(2)47(56)25-22-35-14-7-8-15-35)32-44(51-58-34-36-16-5-4-6-17-36)42-30-38(19-9-11-26-53)41(21-10-12-27-54)48(49(42)50)43-31-40(23-24-45(43)60-50)59-39-20-13-18-37(29-39)33-55/h3-6,13,16-18,20,23-24,29-31,33,35,38,41,46,48-49,53-54H,1,7-12,14-15,19,21-22,25-28,32,34H2,2H3. The molecule has 0 radical (unpaired) electrons. The van der Waals surface area contributed by atoms with Gasteiger partial charge >= 0.3 is 0 Å². The Bertz CT molecular complexity index is 1980. The fourth-order valence-electron chi connectivity index (χ4n) is 10.3. The van der Waals surface area contributed by atoms with Gasteiger partial charge in [-0.3, -0.25) is 9.59 Å². The zero-order chi connectivity index (χ0) is 41.9. The third kappa shape index (κ3) is 9.72. The summed E-state index contributed by atoms with van der Waals surface area (Å²) in [6.45, 7) is 4.76. The summed E-state index contributed by atoms with van der Waals surface area (Å²) in [5.74, 6) is 0.729. The van der Waals surface area contributed by atoms with Gasteiger partial charge in [-0.15, -0.1) is 6.58 Å². The topological polar surface area (TPSA) is 127 Å². The minimum absolute atomic E-state index is 0.0508. The van der Waals surface area contributed by atoms with Gasteiger partial charge in [-0.25, -0.2) is 0 Å². The van der Waals surface area contributed by atoms with Crippen LogP contribution in [0.25, 0.3) is 0 Å². The Morgan fingerprint density at radius 1 is 0.950 bits per heavy atom. The molecule has 2 saturated carbocycles. The molecule has 0 spiro atoms. The van der Waals surface area contributed by atoms with E-state index in [0.717, 1.165) is 60.8 Å². The molecule has 4 aliphatic rings. The normalized spacial score (nSPS) is 25.1. The first-order valence-corrected chi connectivity index (χ1v) is 22.1. The molecule has 6 unspecified atom stereocenters. The van der Waals surface area contributed by atoms with E-state index >= 15 is 0 Å². The first kappa shape index (κ1) is 43.3. The number of oxime groups is 1. The molecule has 0 bridgehead atoms. The number of hydrogen-bond acceptors (Lipinski definition) is 9. The van der Waals surface area contributed by atoms with E-state index in [4.69, 9.17) is 24.2 Å². The zero-order valence-corrected chi connectivity index (χ0v) is 35.1. The van der Waals surface area contributed by atoms with Gasteiger partial charge < -0.3 is 34.2 Å². The van der Waals surface area contributed by atoms with E-state index in [2.05, 4.69) is 18.7 Å². The molecule has 3 aliphatic carbocycles. The smallest absolute Gasteiger partial charge is 0.239 e. The maximum absolute atomic E-state index is 14.4. The fraction of sp³-hybridized carbons (Fsp3) is 0.500. The van der Waals surface area contributed by atoms with Gasteiger partial charge in [-0.2, -0.15) is 0 Å². The number of amides is 1. The number of allylic oxidation sites excluding steroid dienone is 1. The molecule has 320 valence electrons. The van der Waals surface area contributed by atoms with Crippen LogP contribution < -0.4 is 9.47 Å². The average molecular weight is 819 g/mol. The number of carbonyl (C=O) groups is 2. The maximum Gasteiger partial charge on any atom is 0.239 e. The van der Waals surface area contributed by atoms with Crippen molar-refractivity contribution in [3.63, 3.8) is 0 Å². The number of ether oxygens (including phenoxy) is 3. The van der Waals surface area contributed by atoms with E-state index in [0.29, 0.717) is 61.0 Å². The number of nitrogens with zero attached hydrogens (tertiary/aromatic N) is 2. The van der Waals surface area contributed by atoms with E-state index < -0.39 is 17.7 Å². The molecule has 1 amide bonds. The number of likely N-dealkylation sites (N-methyl/N-ethyl adjacent to an activating group) is 1. The van der Waals surface area contributed by atoms with Crippen LogP contribution in [0, 0.1) is 23.7 Å². The highest BCUT2D eigenvalue weighted by molar-refractivity contribution is 6.03. The largest absolute Gasteiger partial charge is 0.459 e. The molecular weight excluding hydrogens is 757 g/mol. The number of carbonyl (C=O) groups excluding carboxylic acids is 2. The number of fused-ring (bicyclic) bond motifs is 2. The van der Waals surface area contributed by atoms with Crippen LogP contribution in [0.5, 0.6) is 17.2 Å². The van der Waals surface area contributed by atoms with Gasteiger partial charge in [0.2, 0.25) is 11.7 Å². The van der Waals surface area contributed by atoms with Gasteiger partial charge in [-0.1, -0.05) is 98.3 Å². The number of aldehydes is 1. The minimum Gasteiger partial charge on any atom is -0.459 e. The van der Waals surface area contributed by atoms with Crippen LogP contribution in [0.4, 0.5) is 0 Å². The summed E-state index contributed by atoms with van der Waals surface area (Å²) in [6, 6.07) is 22.4. The van der Waals surface area contributed by atoms with Crippen molar-refractivity contribution in [2.45, 2.75) is 108 Å². The Morgan fingerprint density at radius 3 is 2.47 bits per heavy atom. The molecule has 60 heavy (non-hydrogen) atoms. The molecule has 2 fully saturated rings. The number of benzene rings is 3. The summed E-state index contributed by atoms with van der Waals surface area (Å²) in [5, 5.41) is 24.8. The molecule has 1 aliphatic heterocycles. The monoisotopic (exact) mass is 818 g/mol. The number of unbranched alkanes of at least 4 members (excludes halogenated alkanes) is 2. The van der Waals surface area contributed by atoms with Crippen molar-refractivity contribution in [1.29, 1.82) is 0 Å². The first-order chi connectivity index (χ1) is 29.4. The zero-order valence-electron chi connectivity index (χ0n) is 35.1. The van der Waals surface area contributed by atoms with Crippen LogP contribution in [0.3, 0.4) is 0 Å². The van der Waals surface area contributed by atoms with Crippen molar-refractivity contribution >= 4 is 17.9 Å². The Morgan fingerprint density at radius 2 is 1.72 bits per heavy atom. The van der Waals surface area contributed by atoms with Crippen molar-refractivity contribution < 1.29 is 38.9 Å². The Kier molecular flexibility index (Phi) is 14.9. The molecule has 1 heterocycles. The van der Waals surface area contributed by atoms with Crippen LogP contribution in [0.15, 0.2) is 102 Å². The van der Waals surface area contributed by atoms with Crippen LogP contribution in [0.2, 0.25) is 0 Å². The molecule has 7 rings (SSSR count). The highest BCUT2D eigenvalue weighted by atomic mass is 16.7. The van der Waals surface area contributed by atoms with Gasteiger partial charge in [0.05, 0.1) is 18.2 Å². The molecule has 0 saturated heterocycles. The molecule has 3 aromatic carbocycles. The van der Waals surface area contributed by atoms with E-state index in [-0.39, 0.29) is 43.5 Å². The van der Waals surface area contributed by atoms with E-state index in [1.807, 2.05) is 60.5 Å². The number of aliphatic hydroxyl groups is 2. The van der Waals surface area contributed by atoms with E-state index in [9.17, 15) is 19.8 Å². The van der Waals surface area contributed by atoms with Crippen LogP contribution in [-0.4, -0.2) is 71.7 Å². The van der Waals surface area contributed by atoms with Crippen molar-refractivity contribution in [3.05, 3.63) is 114 Å². The van der Waals surface area contributed by atoms with Gasteiger partial charge in [0.15, 0.2) is 0 Å². The summed E-state index contributed by atoms with van der Waals surface area (Å²) >= 11 is 0. The Balaban J connectivity index is 1.38. The van der Waals surface area contributed by atoms with Crippen LogP contribution >= 0.6 is 0 Å². The molecule has 6 atom stereocenters. The summed E-state index contributed by atoms with van der Waals surface area (Å²) in [4.78, 5) is 34.1.